The van der Waals surface area contributed by atoms with Gasteiger partial charge in [0.1, 0.15) is 11.5 Å². The van der Waals surface area contributed by atoms with Gasteiger partial charge in [-0.25, -0.2) is 14.8 Å². The standard InChI is InChI=1S/C23H23N3O5/c1-15-20(24-22(31-15)17-6-4-3-5-7-17)11-13-30-18-9-8-16-10-12-26(25-28)21(19(16)14-18)23(27)29-2/h3-9,14,21H,10-13H2,1-2H3. The Balaban J connectivity index is 1.46. The van der Waals surface area contributed by atoms with Crippen LogP contribution in [0.2, 0.25) is 0 Å². The maximum atomic E-state index is 12.2. The molecule has 0 N–H and O–H groups in total. The number of carbonyl (C=O) groups is 1. The number of aryl methyl sites for hydroxylation is 1. The third kappa shape index (κ3) is 4.28. The molecular formula is C23H23N3O5. The first kappa shape index (κ1) is 20.6. The number of benzene rings is 2. The fourth-order valence-corrected chi connectivity index (χ4v) is 3.75. The Hall–Kier alpha value is -3.68. The van der Waals surface area contributed by atoms with E-state index in [4.69, 9.17) is 13.9 Å². The highest BCUT2D eigenvalue weighted by atomic mass is 16.5. The highest BCUT2D eigenvalue weighted by molar-refractivity contribution is 5.78. The molecule has 1 aliphatic rings. The smallest absolute Gasteiger partial charge is 0.334 e. The summed E-state index contributed by atoms with van der Waals surface area (Å²) in [5.41, 5.74) is 3.41. The number of nitroso groups, excluding NO2 is 1. The minimum atomic E-state index is -0.860. The summed E-state index contributed by atoms with van der Waals surface area (Å²) in [6.45, 7) is 2.64. The first-order chi connectivity index (χ1) is 15.1. The van der Waals surface area contributed by atoms with Crippen molar-refractivity contribution in [2.24, 2.45) is 5.29 Å². The number of rotatable bonds is 7. The summed E-state index contributed by atoms with van der Waals surface area (Å²) in [7, 11) is 1.30. The van der Waals surface area contributed by atoms with Crippen LogP contribution in [0.15, 0.2) is 58.2 Å². The quantitative estimate of drug-likeness (QED) is 0.420. The molecule has 0 amide bonds. The zero-order chi connectivity index (χ0) is 21.8. The van der Waals surface area contributed by atoms with Crippen molar-refractivity contribution in [2.75, 3.05) is 20.3 Å². The molecule has 0 fully saturated rings. The van der Waals surface area contributed by atoms with Crippen LogP contribution in [0, 0.1) is 11.8 Å². The summed E-state index contributed by atoms with van der Waals surface area (Å²) in [6.07, 6.45) is 1.19. The molecule has 1 aromatic heterocycles. The molecule has 1 aliphatic heterocycles. The Bertz CT molecular complexity index is 1080. The van der Waals surface area contributed by atoms with Gasteiger partial charge in [-0.2, -0.15) is 0 Å². The van der Waals surface area contributed by atoms with Gasteiger partial charge in [0.15, 0.2) is 6.04 Å². The lowest BCUT2D eigenvalue weighted by molar-refractivity contribution is -0.147. The van der Waals surface area contributed by atoms with Crippen molar-refractivity contribution in [3.8, 4) is 17.2 Å². The van der Waals surface area contributed by atoms with Crippen molar-refractivity contribution in [3.05, 3.63) is 76.0 Å². The van der Waals surface area contributed by atoms with E-state index in [-0.39, 0.29) is 0 Å². The minimum absolute atomic E-state index is 0.367. The predicted octanol–water partition coefficient (Wildman–Crippen LogP) is 4.03. The van der Waals surface area contributed by atoms with E-state index in [9.17, 15) is 9.70 Å². The SMILES string of the molecule is COC(=O)C1c2cc(OCCc3nc(-c4ccccc4)oc3C)ccc2CCN1N=O. The van der Waals surface area contributed by atoms with Crippen molar-refractivity contribution in [1.29, 1.82) is 0 Å². The molecule has 0 saturated heterocycles. The number of hydrogen-bond acceptors (Lipinski definition) is 7. The number of ether oxygens (including phenoxy) is 2. The van der Waals surface area contributed by atoms with Crippen LogP contribution in [0.3, 0.4) is 0 Å². The highest BCUT2D eigenvalue weighted by Crippen LogP contribution is 2.33. The number of hydrogen-bond donors (Lipinski definition) is 0. The van der Waals surface area contributed by atoms with E-state index in [1.807, 2.05) is 49.4 Å². The summed E-state index contributed by atoms with van der Waals surface area (Å²) < 4.78 is 16.6. The third-order valence-electron chi connectivity index (χ3n) is 5.37. The summed E-state index contributed by atoms with van der Waals surface area (Å²) in [4.78, 5) is 28.0. The average molecular weight is 421 g/mol. The van der Waals surface area contributed by atoms with Gasteiger partial charge in [0.25, 0.3) is 0 Å². The summed E-state index contributed by atoms with van der Waals surface area (Å²) in [5, 5.41) is 4.20. The van der Waals surface area contributed by atoms with E-state index in [0.717, 1.165) is 22.6 Å². The van der Waals surface area contributed by atoms with Gasteiger partial charge in [0.2, 0.25) is 5.89 Å². The second-order valence-electron chi connectivity index (χ2n) is 7.27. The number of carbonyl (C=O) groups excluding carboxylic acids is 1. The molecule has 8 heteroatoms. The second-order valence-corrected chi connectivity index (χ2v) is 7.27. The molecule has 160 valence electrons. The lowest BCUT2D eigenvalue weighted by Gasteiger charge is -2.31. The van der Waals surface area contributed by atoms with Crippen molar-refractivity contribution >= 4 is 5.97 Å². The van der Waals surface area contributed by atoms with Crippen LogP contribution in [0.4, 0.5) is 0 Å². The van der Waals surface area contributed by atoms with Gasteiger partial charge >= 0.3 is 5.97 Å². The molecule has 0 radical (unpaired) electrons. The first-order valence-electron chi connectivity index (χ1n) is 10.1. The second kappa shape index (κ2) is 8.99. The average Bonchev–Trinajstić information content (AvgIpc) is 3.18. The number of fused-ring (bicyclic) bond motifs is 1. The van der Waals surface area contributed by atoms with Crippen molar-refractivity contribution < 1.29 is 18.7 Å². The van der Waals surface area contributed by atoms with Crippen LogP contribution in [0.1, 0.15) is 28.6 Å². The van der Waals surface area contributed by atoms with Gasteiger partial charge < -0.3 is 13.9 Å². The fourth-order valence-electron chi connectivity index (χ4n) is 3.75. The van der Waals surface area contributed by atoms with E-state index < -0.39 is 12.0 Å². The van der Waals surface area contributed by atoms with Gasteiger partial charge in [-0.05, 0) is 48.7 Å². The number of oxazole rings is 1. The van der Waals surface area contributed by atoms with Crippen LogP contribution >= 0.6 is 0 Å². The molecule has 4 rings (SSSR count). The molecule has 0 bridgehead atoms. The van der Waals surface area contributed by atoms with Gasteiger partial charge in [-0.15, -0.1) is 4.91 Å². The Morgan fingerprint density at radius 3 is 2.81 bits per heavy atom. The summed E-state index contributed by atoms with van der Waals surface area (Å²) >= 11 is 0. The van der Waals surface area contributed by atoms with E-state index in [2.05, 4.69) is 10.3 Å². The molecule has 3 aromatic rings. The zero-order valence-corrected chi connectivity index (χ0v) is 17.4. The van der Waals surface area contributed by atoms with Crippen LogP contribution < -0.4 is 4.74 Å². The Morgan fingerprint density at radius 2 is 2.06 bits per heavy atom. The van der Waals surface area contributed by atoms with Crippen molar-refractivity contribution in [2.45, 2.75) is 25.8 Å². The van der Waals surface area contributed by atoms with Gasteiger partial charge in [-0.1, -0.05) is 24.3 Å². The zero-order valence-electron chi connectivity index (χ0n) is 17.4. The summed E-state index contributed by atoms with van der Waals surface area (Å²) in [6, 6.07) is 14.4. The van der Waals surface area contributed by atoms with E-state index in [1.165, 1.54) is 12.1 Å². The number of aromatic nitrogens is 1. The Kier molecular flexibility index (Phi) is 5.97. The molecule has 8 nitrogen and oxygen atoms in total. The predicted molar refractivity (Wildman–Crippen MR) is 113 cm³/mol. The maximum absolute atomic E-state index is 12.2. The van der Waals surface area contributed by atoms with E-state index >= 15 is 0 Å². The minimum Gasteiger partial charge on any atom is -0.493 e. The number of esters is 1. The first-order valence-corrected chi connectivity index (χ1v) is 10.1. The third-order valence-corrected chi connectivity index (χ3v) is 5.37. The molecule has 0 spiro atoms. The fraction of sp³-hybridized carbons (Fsp3) is 0.304. The van der Waals surface area contributed by atoms with Gasteiger partial charge in [-0.3, -0.25) is 0 Å². The van der Waals surface area contributed by atoms with Crippen LogP contribution in [0.5, 0.6) is 5.75 Å². The lowest BCUT2D eigenvalue weighted by Crippen LogP contribution is -2.36. The molecule has 0 saturated carbocycles. The maximum Gasteiger partial charge on any atom is 0.334 e. The number of methoxy groups -OCH3 is 1. The molecule has 31 heavy (non-hydrogen) atoms. The summed E-state index contributed by atoms with van der Waals surface area (Å²) in [5.74, 6) is 1.42. The highest BCUT2D eigenvalue weighted by Gasteiger charge is 2.34. The molecule has 2 heterocycles. The van der Waals surface area contributed by atoms with E-state index in [1.54, 1.807) is 6.07 Å². The largest absolute Gasteiger partial charge is 0.493 e. The lowest BCUT2D eigenvalue weighted by atomic mass is 9.93. The number of nitrogens with zero attached hydrogens (tertiary/aromatic N) is 3. The molecule has 2 aromatic carbocycles. The topological polar surface area (TPSA) is 94.2 Å². The van der Waals surface area contributed by atoms with E-state index in [0.29, 0.717) is 43.2 Å². The van der Waals surface area contributed by atoms with Gasteiger partial charge in [0, 0.05) is 18.5 Å². The Morgan fingerprint density at radius 1 is 1.26 bits per heavy atom. The van der Waals surface area contributed by atoms with Crippen LogP contribution in [-0.4, -0.2) is 36.2 Å². The van der Waals surface area contributed by atoms with Crippen molar-refractivity contribution in [1.82, 2.24) is 9.99 Å². The van der Waals surface area contributed by atoms with Crippen LogP contribution in [-0.2, 0) is 22.4 Å². The Labute approximate surface area is 179 Å². The van der Waals surface area contributed by atoms with Crippen LogP contribution in [0.25, 0.3) is 11.5 Å². The van der Waals surface area contributed by atoms with Crippen molar-refractivity contribution in [3.63, 3.8) is 0 Å². The van der Waals surface area contributed by atoms with Gasteiger partial charge in [0.05, 0.1) is 24.7 Å². The molecular weight excluding hydrogens is 398 g/mol. The molecule has 1 unspecified atom stereocenters. The monoisotopic (exact) mass is 421 g/mol. The normalized spacial score (nSPS) is 15.3. The molecule has 1 atom stereocenters. The molecule has 0 aliphatic carbocycles.